The van der Waals surface area contributed by atoms with E-state index in [1.807, 2.05) is 42.5 Å². The van der Waals surface area contributed by atoms with Crippen LogP contribution in [0.25, 0.3) is 33.6 Å². The first-order valence-corrected chi connectivity index (χ1v) is 13.9. The number of aryl methyl sites for hydroxylation is 1. The van der Waals surface area contributed by atoms with Crippen molar-refractivity contribution in [2.45, 2.75) is 25.8 Å². The van der Waals surface area contributed by atoms with E-state index in [0.29, 0.717) is 63.8 Å². The third-order valence-corrected chi connectivity index (χ3v) is 7.42. The lowest BCUT2D eigenvalue weighted by atomic mass is 9.97. The molecule has 7 nitrogen and oxygen atoms in total. The monoisotopic (exact) mass is 609 g/mol. The summed E-state index contributed by atoms with van der Waals surface area (Å²) in [5.41, 5.74) is 5.21. The fraction of sp³-hybridized carbons (Fsp3) is 0.290. The summed E-state index contributed by atoms with van der Waals surface area (Å²) in [6.07, 6.45) is 2.23. The fourth-order valence-corrected chi connectivity index (χ4v) is 5.20. The van der Waals surface area contributed by atoms with Crippen molar-refractivity contribution in [3.05, 3.63) is 82.1 Å². The van der Waals surface area contributed by atoms with E-state index in [1.165, 1.54) is 0 Å². The van der Waals surface area contributed by atoms with Crippen LogP contribution in [0, 0.1) is 5.82 Å². The Morgan fingerprint density at radius 2 is 1.35 bits per heavy atom. The minimum atomic E-state index is -0.390. The van der Waals surface area contributed by atoms with Crippen molar-refractivity contribution in [3.63, 3.8) is 0 Å². The van der Waals surface area contributed by atoms with Crippen molar-refractivity contribution < 1.29 is 24.1 Å². The van der Waals surface area contributed by atoms with Crippen molar-refractivity contribution in [2.75, 3.05) is 34.0 Å². The Morgan fingerprint density at radius 1 is 0.750 bits per heavy atom. The summed E-state index contributed by atoms with van der Waals surface area (Å²) < 4.78 is 27.8. The zero-order valence-corrected chi connectivity index (χ0v) is 24.2. The Balaban J connectivity index is 1.69. The van der Waals surface area contributed by atoms with Gasteiger partial charge in [0.25, 0.3) is 0 Å². The number of benzene rings is 2. The van der Waals surface area contributed by atoms with E-state index in [0.717, 1.165) is 29.5 Å². The Bertz CT molecular complexity index is 1340. The third kappa shape index (κ3) is 6.67. The smallest absolute Gasteiger partial charge is 0.218 e. The van der Waals surface area contributed by atoms with Crippen LogP contribution >= 0.6 is 15.9 Å². The molecule has 0 saturated heterocycles. The number of aliphatic hydroxyl groups excluding tert-OH is 2. The number of halogens is 2. The number of aliphatic hydroxyl groups is 2. The molecule has 0 unspecified atom stereocenters. The maximum atomic E-state index is 16.1. The second-order valence-corrected chi connectivity index (χ2v) is 9.94. The van der Waals surface area contributed by atoms with E-state index in [9.17, 15) is 0 Å². The van der Waals surface area contributed by atoms with Crippen LogP contribution in [-0.4, -0.2) is 54.2 Å². The molecule has 3 N–H and O–H groups in total. The second kappa shape index (κ2) is 14.3. The Labute approximate surface area is 242 Å². The van der Waals surface area contributed by atoms with E-state index >= 15 is 4.39 Å². The number of methoxy groups -OCH3 is 2. The fourth-order valence-electron chi connectivity index (χ4n) is 4.52. The SMILES string of the molecule is COc1nc(-c2cccc(-c3cccc(-c4ccc(CNCCO)c(OC)n4)c3Br)c2F)ccc1CCCCO. The zero-order chi connectivity index (χ0) is 28.5. The molecule has 0 aliphatic rings. The molecular formula is C31H33BrFN3O4. The summed E-state index contributed by atoms with van der Waals surface area (Å²) >= 11 is 3.71. The summed E-state index contributed by atoms with van der Waals surface area (Å²) in [6.45, 7) is 1.17. The number of rotatable bonds is 13. The largest absolute Gasteiger partial charge is 0.481 e. The molecule has 4 aromatic rings. The molecule has 0 aliphatic carbocycles. The molecule has 0 bridgehead atoms. The average molecular weight is 611 g/mol. The van der Waals surface area contributed by atoms with Crippen LogP contribution in [0.4, 0.5) is 4.39 Å². The number of hydrogen-bond acceptors (Lipinski definition) is 7. The number of aromatic nitrogens is 2. The summed E-state index contributed by atoms with van der Waals surface area (Å²) in [6, 6.07) is 18.4. The molecule has 2 aromatic heterocycles. The van der Waals surface area contributed by atoms with Crippen LogP contribution in [0.1, 0.15) is 24.0 Å². The van der Waals surface area contributed by atoms with Gasteiger partial charge in [0.05, 0.1) is 32.2 Å². The van der Waals surface area contributed by atoms with Crippen LogP contribution in [-0.2, 0) is 13.0 Å². The number of nitrogens with one attached hydrogen (secondary N) is 1. The van der Waals surface area contributed by atoms with E-state index in [2.05, 4.69) is 26.2 Å². The molecule has 2 aromatic carbocycles. The molecule has 210 valence electrons. The number of hydrogen-bond donors (Lipinski definition) is 3. The molecule has 0 fully saturated rings. The molecule has 0 atom stereocenters. The Hall–Kier alpha value is -3.37. The number of ether oxygens (including phenoxy) is 2. The van der Waals surface area contributed by atoms with Gasteiger partial charge in [0.15, 0.2) is 0 Å². The summed E-state index contributed by atoms with van der Waals surface area (Å²) in [7, 11) is 3.12. The minimum Gasteiger partial charge on any atom is -0.481 e. The van der Waals surface area contributed by atoms with E-state index in [-0.39, 0.29) is 13.2 Å². The number of pyridine rings is 2. The predicted octanol–water partition coefficient (Wildman–Crippen LogP) is 5.79. The maximum Gasteiger partial charge on any atom is 0.218 e. The lowest BCUT2D eigenvalue weighted by molar-refractivity contribution is 0.284. The quantitative estimate of drug-likeness (QED) is 0.165. The first-order valence-electron chi connectivity index (χ1n) is 13.1. The van der Waals surface area contributed by atoms with Crippen LogP contribution in [0.15, 0.2) is 65.1 Å². The molecule has 40 heavy (non-hydrogen) atoms. The van der Waals surface area contributed by atoms with E-state index in [4.69, 9.17) is 24.7 Å². The second-order valence-electron chi connectivity index (χ2n) is 9.15. The van der Waals surface area contributed by atoms with Gasteiger partial charge in [0.2, 0.25) is 11.8 Å². The van der Waals surface area contributed by atoms with Crippen molar-refractivity contribution in [2.24, 2.45) is 0 Å². The third-order valence-electron chi connectivity index (χ3n) is 6.56. The Kier molecular flexibility index (Phi) is 10.6. The molecule has 2 heterocycles. The van der Waals surface area contributed by atoms with Crippen LogP contribution in [0.3, 0.4) is 0 Å². The highest BCUT2D eigenvalue weighted by atomic mass is 79.9. The van der Waals surface area contributed by atoms with Gasteiger partial charge in [-0.3, -0.25) is 0 Å². The molecule has 0 spiro atoms. The highest BCUT2D eigenvalue weighted by molar-refractivity contribution is 9.10. The molecule has 9 heteroatoms. The van der Waals surface area contributed by atoms with Gasteiger partial charge in [0, 0.05) is 52.0 Å². The van der Waals surface area contributed by atoms with Gasteiger partial charge in [-0.15, -0.1) is 0 Å². The first-order chi connectivity index (χ1) is 19.5. The van der Waals surface area contributed by atoms with Gasteiger partial charge in [-0.25, -0.2) is 14.4 Å². The van der Waals surface area contributed by atoms with Gasteiger partial charge in [0.1, 0.15) is 5.82 Å². The van der Waals surface area contributed by atoms with Gasteiger partial charge in [-0.05, 0) is 59.0 Å². The van der Waals surface area contributed by atoms with Crippen LogP contribution < -0.4 is 14.8 Å². The number of nitrogens with zero attached hydrogens (tertiary/aromatic N) is 2. The van der Waals surface area contributed by atoms with Crippen molar-refractivity contribution in [3.8, 4) is 45.4 Å². The standard InChI is InChI=1S/C31H33BrFN3O4/c1-39-30-20(7-3-4-17-37)12-14-27(36-30)25-11-6-9-23(29(25)33)22-8-5-10-24(28(22)32)26-15-13-21(19-34-16-18-38)31(35-26)40-2/h5-6,8-15,34,37-38H,3-4,7,16-19H2,1-2H3. The summed E-state index contributed by atoms with van der Waals surface area (Å²) in [5, 5.41) is 21.2. The van der Waals surface area contributed by atoms with Crippen LogP contribution in [0.5, 0.6) is 11.8 Å². The maximum absolute atomic E-state index is 16.1. The topological polar surface area (TPSA) is 96.7 Å². The lowest BCUT2D eigenvalue weighted by Gasteiger charge is -2.15. The normalized spacial score (nSPS) is 11.1. The average Bonchev–Trinajstić information content (AvgIpc) is 2.98. The lowest BCUT2D eigenvalue weighted by Crippen LogP contribution is -2.18. The predicted molar refractivity (Wildman–Crippen MR) is 158 cm³/mol. The van der Waals surface area contributed by atoms with Gasteiger partial charge in [-0.1, -0.05) is 42.5 Å². The highest BCUT2D eigenvalue weighted by Crippen LogP contribution is 2.40. The zero-order valence-electron chi connectivity index (χ0n) is 22.6. The van der Waals surface area contributed by atoms with Crippen molar-refractivity contribution >= 4 is 15.9 Å². The number of unbranched alkanes of at least 4 members (excludes halogenated alkanes) is 1. The van der Waals surface area contributed by atoms with Crippen LogP contribution in [0.2, 0.25) is 0 Å². The molecule has 4 rings (SSSR count). The van der Waals surface area contributed by atoms with Crippen molar-refractivity contribution in [1.29, 1.82) is 0 Å². The van der Waals surface area contributed by atoms with Gasteiger partial charge in [-0.2, -0.15) is 0 Å². The molecule has 0 saturated carbocycles. The molecular weight excluding hydrogens is 577 g/mol. The molecule has 0 amide bonds. The minimum absolute atomic E-state index is 0.0473. The first kappa shape index (κ1) is 29.6. The summed E-state index contributed by atoms with van der Waals surface area (Å²) in [5.74, 6) is 0.547. The Morgan fingerprint density at radius 3 is 2.02 bits per heavy atom. The van der Waals surface area contributed by atoms with Gasteiger partial charge < -0.3 is 25.0 Å². The summed E-state index contributed by atoms with van der Waals surface area (Å²) in [4.78, 5) is 9.29. The molecule has 0 radical (unpaired) electrons. The van der Waals surface area contributed by atoms with E-state index in [1.54, 1.807) is 32.4 Å². The van der Waals surface area contributed by atoms with Gasteiger partial charge >= 0.3 is 0 Å². The van der Waals surface area contributed by atoms with Crippen molar-refractivity contribution in [1.82, 2.24) is 15.3 Å². The van der Waals surface area contributed by atoms with E-state index < -0.39 is 5.82 Å². The molecule has 0 aliphatic heterocycles. The highest BCUT2D eigenvalue weighted by Gasteiger charge is 2.19.